The van der Waals surface area contributed by atoms with Gasteiger partial charge in [0.15, 0.2) is 0 Å². The van der Waals surface area contributed by atoms with Gasteiger partial charge in [0.05, 0.1) is 5.54 Å². The Morgan fingerprint density at radius 3 is 1.81 bits per heavy atom. The Kier molecular flexibility index (Phi) is 16.0. The van der Waals surface area contributed by atoms with Gasteiger partial charge in [0.2, 0.25) is 0 Å². The maximum atomic E-state index is 13.7. The van der Waals surface area contributed by atoms with Crippen LogP contribution < -0.4 is 5.23 Å². The Bertz CT molecular complexity index is 702. The minimum atomic E-state index is -0.671. The molecular weight excluding hydrogens is 467 g/mol. The molecule has 0 rings (SSSR count). The summed E-state index contributed by atoms with van der Waals surface area (Å²) >= 11 is 1.87. The molecule has 0 fully saturated rings. The predicted octanol–water partition coefficient (Wildman–Crippen LogP) is 5.88. The smallest absolute Gasteiger partial charge is 0.284 e. The molecule has 0 aliphatic carbocycles. The third-order valence-corrected chi connectivity index (χ3v) is 10.6. The molecule has 0 aromatic carbocycles. The highest BCUT2D eigenvalue weighted by Gasteiger charge is 2.50. The van der Waals surface area contributed by atoms with Crippen LogP contribution >= 0.6 is 11.8 Å². The standard InChI is InChI=1S/C29H57BN2O3S/c1-12-23(13-2)25(34)24(14-3)21-36-20-19-32(18-7)29(11,17-6)27(9,15-4)26(35)30-31-28(10,16-5)22(8)33/h23-24,30-31H,12-21H2,1-11H3. The second kappa shape index (κ2) is 16.3. The van der Waals surface area contributed by atoms with Gasteiger partial charge in [-0.2, -0.15) is 11.8 Å². The van der Waals surface area contributed by atoms with Crippen molar-refractivity contribution in [3.63, 3.8) is 0 Å². The topological polar surface area (TPSA) is 66.5 Å². The lowest BCUT2D eigenvalue weighted by Crippen LogP contribution is -2.63. The van der Waals surface area contributed by atoms with Crippen molar-refractivity contribution in [3.8, 4) is 0 Å². The Hall–Kier alpha value is -0.655. The number of carbonyl (C=O) groups is 3. The highest BCUT2D eigenvalue weighted by atomic mass is 32.2. The first kappa shape index (κ1) is 35.3. The minimum Gasteiger partial charge on any atom is -0.341 e. The Labute approximate surface area is 228 Å². The summed E-state index contributed by atoms with van der Waals surface area (Å²) in [6.07, 6.45) is 5.02. The number of nitrogens with one attached hydrogen (secondary N) is 1. The van der Waals surface area contributed by atoms with E-state index in [1.807, 2.05) is 25.6 Å². The minimum absolute atomic E-state index is 0.0644. The molecule has 0 aliphatic heterocycles. The van der Waals surface area contributed by atoms with Gasteiger partial charge in [-0.25, -0.2) is 0 Å². The van der Waals surface area contributed by atoms with Crippen LogP contribution in [0.5, 0.6) is 0 Å². The first-order valence-corrected chi connectivity index (χ1v) is 15.6. The zero-order valence-electron chi connectivity index (χ0n) is 25.5. The van der Waals surface area contributed by atoms with Gasteiger partial charge in [-0.3, -0.25) is 14.5 Å². The average Bonchev–Trinajstić information content (AvgIpc) is 2.88. The number of nitrogens with zero attached hydrogens (tertiary/aromatic N) is 1. The van der Waals surface area contributed by atoms with E-state index < -0.39 is 11.0 Å². The fourth-order valence-corrected chi connectivity index (χ4v) is 6.59. The van der Waals surface area contributed by atoms with Gasteiger partial charge in [-0.05, 0) is 65.8 Å². The summed E-state index contributed by atoms with van der Waals surface area (Å²) in [5, 5.41) is 3.28. The number of rotatable bonds is 21. The summed E-state index contributed by atoms with van der Waals surface area (Å²) < 4.78 is 0. The average molecular weight is 525 g/mol. The first-order valence-electron chi connectivity index (χ1n) is 14.5. The maximum Gasteiger partial charge on any atom is 0.284 e. The monoisotopic (exact) mass is 524 g/mol. The molecule has 4 atom stereocenters. The molecule has 0 spiro atoms. The van der Waals surface area contributed by atoms with E-state index in [1.54, 1.807) is 6.92 Å². The largest absolute Gasteiger partial charge is 0.341 e. The van der Waals surface area contributed by atoms with Gasteiger partial charge in [-0.1, -0.05) is 55.4 Å². The SMILES string of the molecule is CCC(CC)C(=O)C(CC)CSCCN(CC)C(C)(CC)C(C)(CC)C(=O)BNC(C)(CC)C(C)=O. The summed E-state index contributed by atoms with van der Waals surface area (Å²) in [5.74, 6) is 2.64. The number of hydrogen-bond donors (Lipinski definition) is 1. The van der Waals surface area contributed by atoms with Gasteiger partial charge in [0, 0.05) is 40.8 Å². The number of carbonyl (C=O) groups excluding carboxylic acids is 3. The van der Waals surface area contributed by atoms with Crippen LogP contribution in [0.25, 0.3) is 0 Å². The van der Waals surface area contributed by atoms with Gasteiger partial charge >= 0.3 is 0 Å². The van der Waals surface area contributed by atoms with Gasteiger partial charge in [0.25, 0.3) is 7.41 Å². The third-order valence-electron chi connectivity index (χ3n) is 9.51. The molecule has 0 heterocycles. The molecule has 1 N–H and O–H groups in total. The van der Waals surface area contributed by atoms with Crippen molar-refractivity contribution in [2.24, 2.45) is 17.3 Å². The van der Waals surface area contributed by atoms with Crippen LogP contribution in [-0.2, 0) is 14.4 Å². The Balaban J connectivity index is 5.47. The molecule has 0 radical (unpaired) electrons. The molecule has 7 heteroatoms. The van der Waals surface area contributed by atoms with Crippen molar-refractivity contribution >= 4 is 36.4 Å². The summed E-state index contributed by atoms with van der Waals surface area (Å²) in [5.41, 5.74) is -1.35. The van der Waals surface area contributed by atoms with E-state index in [2.05, 4.69) is 65.5 Å². The lowest BCUT2D eigenvalue weighted by molar-refractivity contribution is -0.130. The Morgan fingerprint density at radius 1 is 0.861 bits per heavy atom. The molecule has 210 valence electrons. The molecule has 0 aromatic rings. The van der Waals surface area contributed by atoms with Crippen LogP contribution in [0.1, 0.15) is 115 Å². The van der Waals surface area contributed by atoms with Crippen LogP contribution in [0.2, 0.25) is 0 Å². The normalized spacial score (nSPS) is 17.8. The molecule has 0 saturated heterocycles. The number of ketones is 2. The lowest BCUT2D eigenvalue weighted by atomic mass is 9.57. The van der Waals surface area contributed by atoms with E-state index in [0.29, 0.717) is 12.2 Å². The van der Waals surface area contributed by atoms with Crippen LogP contribution in [0.3, 0.4) is 0 Å². The highest BCUT2D eigenvalue weighted by molar-refractivity contribution is 7.99. The van der Waals surface area contributed by atoms with Gasteiger partial charge in [-0.15, -0.1) is 0 Å². The molecule has 0 aromatic heterocycles. The zero-order chi connectivity index (χ0) is 28.2. The number of thioether (sulfide) groups is 1. The second-order valence-corrected chi connectivity index (χ2v) is 12.2. The van der Waals surface area contributed by atoms with Crippen molar-refractivity contribution < 1.29 is 14.4 Å². The van der Waals surface area contributed by atoms with Crippen LogP contribution in [0, 0.1) is 17.3 Å². The fraction of sp³-hybridized carbons (Fsp3) is 0.897. The van der Waals surface area contributed by atoms with Crippen molar-refractivity contribution in [1.82, 2.24) is 10.1 Å². The van der Waals surface area contributed by atoms with Gasteiger partial charge < -0.3 is 10.0 Å². The summed E-state index contributed by atoms with van der Waals surface area (Å²) in [7, 11) is 0.201. The lowest BCUT2D eigenvalue weighted by Gasteiger charge is -2.52. The zero-order valence-corrected chi connectivity index (χ0v) is 26.3. The molecule has 0 saturated carbocycles. The molecule has 36 heavy (non-hydrogen) atoms. The second-order valence-electron chi connectivity index (χ2n) is 11.0. The fourth-order valence-electron chi connectivity index (χ4n) is 5.39. The number of hydrogen-bond acceptors (Lipinski definition) is 6. The van der Waals surface area contributed by atoms with Crippen molar-refractivity contribution in [2.45, 2.75) is 126 Å². The summed E-state index contributed by atoms with van der Waals surface area (Å²) in [6, 6.07) is 0. The molecular formula is C29H57BN2O3S. The quantitative estimate of drug-likeness (QED) is 0.149. The molecule has 4 unspecified atom stereocenters. The first-order chi connectivity index (χ1) is 16.8. The third kappa shape index (κ3) is 8.43. The highest BCUT2D eigenvalue weighted by Crippen LogP contribution is 2.42. The van der Waals surface area contributed by atoms with Crippen LogP contribution in [0.4, 0.5) is 0 Å². The van der Waals surface area contributed by atoms with E-state index in [9.17, 15) is 14.4 Å². The van der Waals surface area contributed by atoms with Crippen LogP contribution in [0.15, 0.2) is 0 Å². The van der Waals surface area contributed by atoms with E-state index in [-0.39, 0.29) is 36.3 Å². The summed E-state index contributed by atoms with van der Waals surface area (Å²) in [6.45, 7) is 24.4. The van der Waals surface area contributed by atoms with Crippen molar-refractivity contribution in [2.75, 3.05) is 24.6 Å². The van der Waals surface area contributed by atoms with Gasteiger partial charge in [0.1, 0.15) is 17.2 Å². The number of Topliss-reactive ketones (excluding diaryl/α,β-unsaturated/α-hetero) is 2. The molecule has 5 nitrogen and oxygen atoms in total. The van der Waals surface area contributed by atoms with Crippen molar-refractivity contribution in [3.05, 3.63) is 0 Å². The van der Waals surface area contributed by atoms with E-state index >= 15 is 0 Å². The molecule has 0 amide bonds. The van der Waals surface area contributed by atoms with E-state index in [1.165, 1.54) is 0 Å². The van der Waals surface area contributed by atoms with Crippen LogP contribution in [-0.4, -0.2) is 65.2 Å². The molecule has 0 aliphatic rings. The van der Waals surface area contributed by atoms with E-state index in [4.69, 9.17) is 0 Å². The Morgan fingerprint density at radius 2 is 1.42 bits per heavy atom. The van der Waals surface area contributed by atoms with Crippen molar-refractivity contribution in [1.29, 1.82) is 0 Å². The maximum absolute atomic E-state index is 13.7. The predicted molar refractivity (Wildman–Crippen MR) is 159 cm³/mol. The molecule has 0 bridgehead atoms. The van der Waals surface area contributed by atoms with E-state index in [0.717, 1.165) is 56.7 Å². The summed E-state index contributed by atoms with van der Waals surface area (Å²) in [4.78, 5) is 41.2.